The minimum Gasteiger partial charge on any atom is -0.479 e. The van der Waals surface area contributed by atoms with Crippen molar-refractivity contribution in [2.24, 2.45) is 5.73 Å². The molecule has 3 N–H and O–H groups in total. The molecule has 2 aromatic carbocycles. The second-order valence-electron chi connectivity index (χ2n) is 7.38. The van der Waals surface area contributed by atoms with Gasteiger partial charge in [0.15, 0.2) is 6.10 Å². The SMILES string of the molecule is CC1Oc2ccccc2N(CC(=O)NCC(N)c2ccc(C(C)C)cc2)C1=O.Cl. The normalized spacial score (nSPS) is 16.5. The van der Waals surface area contributed by atoms with E-state index in [4.69, 9.17) is 10.5 Å². The van der Waals surface area contributed by atoms with Crippen LogP contribution in [-0.2, 0) is 9.59 Å². The molecule has 0 bridgehead atoms. The van der Waals surface area contributed by atoms with Crippen LogP contribution in [0.25, 0.3) is 0 Å². The maximum absolute atomic E-state index is 12.5. The van der Waals surface area contributed by atoms with Gasteiger partial charge in [0.1, 0.15) is 12.3 Å². The van der Waals surface area contributed by atoms with Crippen LogP contribution in [0.2, 0.25) is 0 Å². The van der Waals surface area contributed by atoms with E-state index in [1.807, 2.05) is 24.3 Å². The van der Waals surface area contributed by atoms with Crippen molar-refractivity contribution in [3.8, 4) is 5.75 Å². The van der Waals surface area contributed by atoms with Crippen LogP contribution < -0.4 is 20.7 Å². The van der Waals surface area contributed by atoms with Gasteiger partial charge in [0, 0.05) is 12.6 Å². The molecule has 0 spiro atoms. The second-order valence-corrected chi connectivity index (χ2v) is 7.38. The summed E-state index contributed by atoms with van der Waals surface area (Å²) in [5.74, 6) is 0.569. The summed E-state index contributed by atoms with van der Waals surface area (Å²) in [6.07, 6.45) is -0.621. The first kappa shape index (κ1) is 22.7. The van der Waals surface area contributed by atoms with E-state index < -0.39 is 6.10 Å². The molecule has 2 atom stereocenters. The van der Waals surface area contributed by atoms with Crippen LogP contribution in [0.3, 0.4) is 0 Å². The van der Waals surface area contributed by atoms with Crippen molar-refractivity contribution in [3.63, 3.8) is 0 Å². The summed E-state index contributed by atoms with van der Waals surface area (Å²) >= 11 is 0. The van der Waals surface area contributed by atoms with Gasteiger partial charge in [0.25, 0.3) is 5.91 Å². The van der Waals surface area contributed by atoms with Crippen molar-refractivity contribution < 1.29 is 14.3 Å². The zero-order chi connectivity index (χ0) is 20.3. The fourth-order valence-corrected chi connectivity index (χ4v) is 3.19. The van der Waals surface area contributed by atoms with E-state index in [0.29, 0.717) is 23.9 Å². The molecule has 2 amide bonds. The molecule has 0 saturated heterocycles. The predicted molar refractivity (Wildman–Crippen MR) is 117 cm³/mol. The summed E-state index contributed by atoms with van der Waals surface area (Å²) in [5, 5.41) is 2.83. The first-order valence-corrected chi connectivity index (χ1v) is 9.56. The first-order chi connectivity index (χ1) is 13.4. The largest absolute Gasteiger partial charge is 0.479 e. The molecule has 6 nitrogen and oxygen atoms in total. The molecule has 0 fully saturated rings. The van der Waals surface area contributed by atoms with E-state index in [9.17, 15) is 9.59 Å². The highest BCUT2D eigenvalue weighted by Gasteiger charge is 2.32. The van der Waals surface area contributed by atoms with Crippen molar-refractivity contribution in [1.82, 2.24) is 5.32 Å². The molecule has 7 heteroatoms. The third-order valence-electron chi connectivity index (χ3n) is 4.93. The van der Waals surface area contributed by atoms with Gasteiger partial charge in [0.2, 0.25) is 5.91 Å². The van der Waals surface area contributed by atoms with Gasteiger partial charge in [-0.2, -0.15) is 0 Å². The van der Waals surface area contributed by atoms with Gasteiger partial charge in [-0.3, -0.25) is 14.5 Å². The molecule has 3 rings (SSSR count). The van der Waals surface area contributed by atoms with Gasteiger partial charge >= 0.3 is 0 Å². The minimum atomic E-state index is -0.621. The summed E-state index contributed by atoms with van der Waals surface area (Å²) in [7, 11) is 0. The van der Waals surface area contributed by atoms with Crippen LogP contribution in [0.4, 0.5) is 5.69 Å². The lowest BCUT2D eigenvalue weighted by Crippen LogP contribution is -2.49. The Bertz CT molecular complexity index is 855. The Balaban J connectivity index is 0.00000300. The van der Waals surface area contributed by atoms with Crippen molar-refractivity contribution >= 4 is 29.9 Å². The summed E-state index contributed by atoms with van der Waals surface area (Å²) < 4.78 is 5.60. The molecule has 0 aliphatic carbocycles. The van der Waals surface area contributed by atoms with Gasteiger partial charge in [-0.25, -0.2) is 0 Å². The molecule has 2 unspecified atom stereocenters. The van der Waals surface area contributed by atoms with Gasteiger partial charge in [-0.1, -0.05) is 50.2 Å². The van der Waals surface area contributed by atoms with Crippen molar-refractivity contribution in [3.05, 3.63) is 59.7 Å². The number of benzene rings is 2. The Labute approximate surface area is 177 Å². The molecule has 0 aromatic heterocycles. The number of ether oxygens (including phenoxy) is 1. The smallest absolute Gasteiger partial charge is 0.268 e. The third kappa shape index (κ3) is 5.28. The lowest BCUT2D eigenvalue weighted by Gasteiger charge is -2.32. The van der Waals surface area contributed by atoms with Gasteiger partial charge in [0.05, 0.1) is 5.69 Å². The Kier molecular flexibility index (Phi) is 7.65. The van der Waals surface area contributed by atoms with Crippen molar-refractivity contribution in [1.29, 1.82) is 0 Å². The van der Waals surface area contributed by atoms with Crippen molar-refractivity contribution in [2.45, 2.75) is 38.8 Å². The van der Waals surface area contributed by atoms with Crippen LogP contribution in [0.15, 0.2) is 48.5 Å². The number of amides is 2. The lowest BCUT2D eigenvalue weighted by molar-refractivity contribution is -0.128. The van der Waals surface area contributed by atoms with Crippen LogP contribution in [0.1, 0.15) is 43.9 Å². The fraction of sp³-hybridized carbons (Fsp3) is 0.364. The van der Waals surface area contributed by atoms with E-state index in [0.717, 1.165) is 5.56 Å². The number of nitrogens with zero attached hydrogens (tertiary/aromatic N) is 1. The molecule has 1 heterocycles. The number of nitrogens with two attached hydrogens (primary N) is 1. The Hall–Kier alpha value is -2.57. The molecule has 2 aromatic rings. The molecule has 29 heavy (non-hydrogen) atoms. The zero-order valence-electron chi connectivity index (χ0n) is 16.9. The maximum Gasteiger partial charge on any atom is 0.268 e. The third-order valence-corrected chi connectivity index (χ3v) is 4.93. The minimum absolute atomic E-state index is 0. The Morgan fingerprint density at radius 2 is 1.76 bits per heavy atom. The summed E-state index contributed by atoms with van der Waals surface area (Å²) in [6.45, 7) is 6.19. The summed E-state index contributed by atoms with van der Waals surface area (Å²) in [4.78, 5) is 26.4. The number of fused-ring (bicyclic) bond motifs is 1. The van der Waals surface area contributed by atoms with Crippen LogP contribution in [0.5, 0.6) is 5.75 Å². The number of anilines is 1. The highest BCUT2D eigenvalue weighted by Crippen LogP contribution is 2.33. The predicted octanol–water partition coefficient (Wildman–Crippen LogP) is 3.16. The molecule has 1 aliphatic rings. The van der Waals surface area contributed by atoms with E-state index in [2.05, 4.69) is 31.3 Å². The average molecular weight is 418 g/mol. The van der Waals surface area contributed by atoms with Crippen LogP contribution >= 0.6 is 12.4 Å². The van der Waals surface area contributed by atoms with Gasteiger partial charge in [-0.05, 0) is 36.1 Å². The number of para-hydroxylation sites is 2. The summed E-state index contributed by atoms with van der Waals surface area (Å²) in [6, 6.07) is 15.0. The molecular weight excluding hydrogens is 390 g/mol. The standard InChI is InChI=1S/C22H27N3O3.ClH/c1-14(2)16-8-10-17(11-9-16)18(23)12-24-21(26)13-25-19-6-4-5-7-20(19)28-15(3)22(25)27;/h4-11,14-15,18H,12-13,23H2,1-3H3,(H,24,26);1H. The van der Waals surface area contributed by atoms with Gasteiger partial charge in [-0.15, -0.1) is 12.4 Å². The monoisotopic (exact) mass is 417 g/mol. The number of halogens is 1. The molecule has 156 valence electrons. The first-order valence-electron chi connectivity index (χ1n) is 9.56. The van der Waals surface area contributed by atoms with E-state index in [-0.39, 0.29) is 36.8 Å². The second kappa shape index (κ2) is 9.76. The van der Waals surface area contributed by atoms with Gasteiger partial charge < -0.3 is 15.8 Å². The molecule has 1 aliphatic heterocycles. The topological polar surface area (TPSA) is 84.7 Å². The van der Waals surface area contributed by atoms with Crippen LogP contribution in [-0.4, -0.2) is 31.0 Å². The number of rotatable bonds is 6. The lowest BCUT2D eigenvalue weighted by atomic mass is 9.99. The number of hydrogen-bond acceptors (Lipinski definition) is 4. The Morgan fingerprint density at radius 1 is 1.14 bits per heavy atom. The van der Waals surface area contributed by atoms with E-state index >= 15 is 0 Å². The maximum atomic E-state index is 12.5. The van der Waals surface area contributed by atoms with E-state index in [1.54, 1.807) is 19.1 Å². The number of carbonyl (C=O) groups is 2. The zero-order valence-corrected chi connectivity index (χ0v) is 17.7. The quantitative estimate of drug-likeness (QED) is 0.756. The van der Waals surface area contributed by atoms with Crippen LogP contribution in [0, 0.1) is 0 Å². The number of hydrogen-bond donors (Lipinski definition) is 2. The average Bonchev–Trinajstić information content (AvgIpc) is 2.69. The highest BCUT2D eigenvalue weighted by atomic mass is 35.5. The molecular formula is C22H28ClN3O3. The fourth-order valence-electron chi connectivity index (χ4n) is 3.19. The van der Waals surface area contributed by atoms with E-state index in [1.165, 1.54) is 10.5 Å². The number of carbonyl (C=O) groups excluding carboxylic acids is 2. The summed E-state index contributed by atoms with van der Waals surface area (Å²) in [5.41, 5.74) is 9.03. The Morgan fingerprint density at radius 3 is 2.41 bits per heavy atom. The highest BCUT2D eigenvalue weighted by molar-refractivity contribution is 6.03. The molecule has 0 saturated carbocycles. The van der Waals surface area contributed by atoms with Crippen molar-refractivity contribution in [2.75, 3.05) is 18.0 Å². The number of nitrogens with one attached hydrogen (secondary N) is 1. The molecule has 0 radical (unpaired) electrons.